The molecule has 2 heterocycles. The average Bonchev–Trinajstić information content (AvgIpc) is 3.11. The molecule has 0 bridgehead atoms. The van der Waals surface area contributed by atoms with Crippen LogP contribution in [0.2, 0.25) is 0 Å². The highest BCUT2D eigenvalue weighted by atomic mass is 16.1. The zero-order valence-corrected chi connectivity index (χ0v) is 11.9. The molecule has 1 N–H and O–H groups in total. The van der Waals surface area contributed by atoms with Gasteiger partial charge in [0.15, 0.2) is 5.66 Å². The minimum atomic E-state index is -0.394. The first-order valence-corrected chi connectivity index (χ1v) is 7.37. The van der Waals surface area contributed by atoms with E-state index in [1.807, 2.05) is 6.07 Å². The van der Waals surface area contributed by atoms with Gasteiger partial charge in [0.05, 0.1) is 0 Å². The van der Waals surface area contributed by atoms with E-state index in [4.69, 9.17) is 6.42 Å². The topological polar surface area (TPSA) is 66.7 Å². The fourth-order valence-corrected chi connectivity index (χ4v) is 2.68. The van der Waals surface area contributed by atoms with Gasteiger partial charge < -0.3 is 5.32 Å². The largest absolute Gasteiger partial charge is 0.311 e. The van der Waals surface area contributed by atoms with E-state index in [0.29, 0.717) is 25.1 Å². The number of hydrogen-bond donors (Lipinski definition) is 1. The maximum atomic E-state index is 12.0. The molecule has 0 fully saturated rings. The number of rotatable bonds is 6. The molecule has 0 saturated carbocycles. The van der Waals surface area contributed by atoms with Crippen LogP contribution in [0.3, 0.4) is 0 Å². The Morgan fingerprint density at radius 2 is 2.19 bits per heavy atom. The highest BCUT2D eigenvalue weighted by molar-refractivity contribution is 5.89. The van der Waals surface area contributed by atoms with Gasteiger partial charge in [0.2, 0.25) is 5.91 Å². The van der Waals surface area contributed by atoms with Crippen molar-refractivity contribution in [1.29, 1.82) is 0 Å². The lowest BCUT2D eigenvalue weighted by Crippen LogP contribution is -2.18. The number of aromatic nitrogens is 1. The molecule has 0 atom stereocenters. The van der Waals surface area contributed by atoms with Crippen molar-refractivity contribution in [1.82, 2.24) is 4.98 Å². The van der Waals surface area contributed by atoms with Crippen molar-refractivity contribution in [3.8, 4) is 12.3 Å². The first kappa shape index (κ1) is 13.7. The number of carbonyl (C=O) groups is 1. The smallest absolute Gasteiger partial charge is 0.225 e. The number of hydrogen-bond acceptors (Lipinski definition) is 4. The molecule has 5 nitrogen and oxygen atoms in total. The molecule has 2 aliphatic rings. The Balaban J connectivity index is 1.49. The van der Waals surface area contributed by atoms with Crippen molar-refractivity contribution in [3.05, 3.63) is 23.4 Å². The van der Waals surface area contributed by atoms with Crippen LogP contribution in [0.15, 0.2) is 22.4 Å². The molecule has 0 spiro atoms. The molecule has 0 saturated heterocycles. The molecule has 0 radical (unpaired) electrons. The van der Waals surface area contributed by atoms with Crippen molar-refractivity contribution in [2.75, 3.05) is 5.32 Å². The van der Waals surface area contributed by atoms with Gasteiger partial charge in [-0.05, 0) is 30.9 Å². The highest BCUT2D eigenvalue weighted by Gasteiger charge is 2.39. The van der Waals surface area contributed by atoms with Gasteiger partial charge in [-0.15, -0.1) is 12.3 Å². The summed E-state index contributed by atoms with van der Waals surface area (Å²) < 4.78 is 0. The number of nitrogens with zero attached hydrogens (tertiary/aromatic N) is 3. The Kier molecular flexibility index (Phi) is 3.70. The van der Waals surface area contributed by atoms with Crippen LogP contribution in [-0.4, -0.2) is 16.6 Å². The summed E-state index contributed by atoms with van der Waals surface area (Å²) in [5.41, 5.74) is 2.03. The van der Waals surface area contributed by atoms with Gasteiger partial charge in [-0.2, -0.15) is 10.2 Å². The van der Waals surface area contributed by atoms with Crippen LogP contribution in [0.5, 0.6) is 0 Å². The van der Waals surface area contributed by atoms with Crippen LogP contribution in [0, 0.1) is 12.3 Å². The molecule has 1 aromatic heterocycles. The number of pyridine rings is 1. The van der Waals surface area contributed by atoms with Gasteiger partial charge >= 0.3 is 0 Å². The van der Waals surface area contributed by atoms with Crippen molar-refractivity contribution in [3.63, 3.8) is 0 Å². The molecule has 1 amide bonds. The molecule has 108 valence electrons. The molecule has 1 aromatic rings. The molecule has 1 aliphatic heterocycles. The zero-order chi connectivity index (χ0) is 14.7. The number of anilines is 1. The number of carbonyl (C=O) groups excluding carboxylic acids is 1. The fraction of sp³-hybridized carbons (Fsp3) is 0.500. The summed E-state index contributed by atoms with van der Waals surface area (Å²) in [5.74, 6) is 3.18. The quantitative estimate of drug-likeness (QED) is 0.815. The van der Waals surface area contributed by atoms with Crippen LogP contribution in [0.1, 0.15) is 43.4 Å². The third-order valence-electron chi connectivity index (χ3n) is 4.00. The number of fused-ring (bicyclic) bond motifs is 1. The minimum absolute atomic E-state index is 0.0437. The maximum Gasteiger partial charge on any atom is 0.225 e. The van der Waals surface area contributed by atoms with Crippen LogP contribution >= 0.6 is 0 Å². The SMILES string of the molecule is C#CCCC1(CCC(=O)Nc2ccc3c(n2)CCC3)N=N1. The van der Waals surface area contributed by atoms with Crippen LogP contribution in [0.25, 0.3) is 0 Å². The second kappa shape index (κ2) is 5.65. The Labute approximate surface area is 124 Å². The molecule has 1 aliphatic carbocycles. The van der Waals surface area contributed by atoms with Gasteiger partial charge in [0.25, 0.3) is 0 Å². The number of aryl methyl sites for hydroxylation is 2. The van der Waals surface area contributed by atoms with Gasteiger partial charge in [0.1, 0.15) is 5.82 Å². The van der Waals surface area contributed by atoms with E-state index in [1.165, 1.54) is 5.56 Å². The molecular formula is C16H18N4O. The molecule has 5 heteroatoms. The molecule has 3 rings (SSSR count). The van der Waals surface area contributed by atoms with Crippen LogP contribution < -0.4 is 5.32 Å². The van der Waals surface area contributed by atoms with Crippen molar-refractivity contribution in [2.45, 2.75) is 50.6 Å². The normalized spacial score (nSPS) is 17.1. The van der Waals surface area contributed by atoms with Crippen LogP contribution in [-0.2, 0) is 17.6 Å². The number of amides is 1. The van der Waals surface area contributed by atoms with E-state index in [0.717, 1.165) is 31.4 Å². The van der Waals surface area contributed by atoms with Gasteiger partial charge in [0, 0.05) is 31.4 Å². The predicted octanol–water partition coefficient (Wildman–Crippen LogP) is 2.86. The Bertz CT molecular complexity index is 624. The fourth-order valence-electron chi connectivity index (χ4n) is 2.68. The predicted molar refractivity (Wildman–Crippen MR) is 79.8 cm³/mol. The molecular weight excluding hydrogens is 264 g/mol. The lowest BCUT2D eigenvalue weighted by molar-refractivity contribution is -0.116. The van der Waals surface area contributed by atoms with E-state index in [9.17, 15) is 4.79 Å². The maximum absolute atomic E-state index is 12.0. The molecule has 0 aromatic carbocycles. The lowest BCUT2D eigenvalue weighted by atomic mass is 10.0. The van der Waals surface area contributed by atoms with Gasteiger partial charge in [-0.1, -0.05) is 6.07 Å². The summed E-state index contributed by atoms with van der Waals surface area (Å²) in [5, 5.41) is 10.9. The van der Waals surface area contributed by atoms with E-state index in [-0.39, 0.29) is 5.91 Å². The second-order valence-electron chi connectivity index (χ2n) is 5.59. The lowest BCUT2D eigenvalue weighted by Gasteiger charge is -2.09. The van der Waals surface area contributed by atoms with Crippen LogP contribution in [0.4, 0.5) is 5.82 Å². The third kappa shape index (κ3) is 3.27. The number of terminal acetylenes is 1. The monoisotopic (exact) mass is 282 g/mol. The molecule has 0 unspecified atom stereocenters. The van der Waals surface area contributed by atoms with Crippen molar-refractivity contribution in [2.24, 2.45) is 10.2 Å². The summed E-state index contributed by atoms with van der Waals surface area (Å²) in [7, 11) is 0. The second-order valence-corrected chi connectivity index (χ2v) is 5.59. The van der Waals surface area contributed by atoms with E-state index < -0.39 is 5.66 Å². The standard InChI is InChI=1S/C16H18N4O/c1-2-3-10-16(19-20-16)11-9-15(21)18-14-8-7-12-5-4-6-13(12)17-14/h1,7-8H,3-6,9-11H2,(H,17,18,21). The third-order valence-corrected chi connectivity index (χ3v) is 4.00. The Morgan fingerprint density at radius 1 is 1.33 bits per heavy atom. The van der Waals surface area contributed by atoms with E-state index in [1.54, 1.807) is 0 Å². The first-order chi connectivity index (χ1) is 10.2. The minimum Gasteiger partial charge on any atom is -0.311 e. The van der Waals surface area contributed by atoms with Gasteiger partial charge in [-0.3, -0.25) is 4.79 Å². The molecule has 21 heavy (non-hydrogen) atoms. The summed E-state index contributed by atoms with van der Waals surface area (Å²) in [6.45, 7) is 0. The first-order valence-electron chi connectivity index (χ1n) is 7.37. The summed E-state index contributed by atoms with van der Waals surface area (Å²) in [6.07, 6.45) is 10.9. The Morgan fingerprint density at radius 3 is 2.95 bits per heavy atom. The van der Waals surface area contributed by atoms with E-state index >= 15 is 0 Å². The van der Waals surface area contributed by atoms with Crippen molar-refractivity contribution >= 4 is 11.7 Å². The zero-order valence-electron chi connectivity index (χ0n) is 11.9. The average molecular weight is 282 g/mol. The summed E-state index contributed by atoms with van der Waals surface area (Å²) in [6, 6.07) is 3.94. The summed E-state index contributed by atoms with van der Waals surface area (Å²) in [4.78, 5) is 16.5. The van der Waals surface area contributed by atoms with Gasteiger partial charge in [-0.25, -0.2) is 4.98 Å². The number of nitrogens with one attached hydrogen (secondary N) is 1. The van der Waals surface area contributed by atoms with Crippen molar-refractivity contribution < 1.29 is 4.79 Å². The Hall–Kier alpha value is -2.22. The highest BCUT2D eigenvalue weighted by Crippen LogP contribution is 2.37. The van der Waals surface area contributed by atoms with E-state index in [2.05, 4.69) is 32.5 Å². The summed E-state index contributed by atoms with van der Waals surface area (Å²) >= 11 is 0.